The number of nitrogens with one attached hydrogen (secondary N) is 1. The molecule has 7 nitrogen and oxygen atoms in total. The first-order chi connectivity index (χ1) is 11.0. The third-order valence-corrected chi connectivity index (χ3v) is 3.69. The normalized spacial score (nSPS) is 17.7. The van der Waals surface area contributed by atoms with Crippen molar-refractivity contribution in [2.75, 3.05) is 13.7 Å². The lowest BCUT2D eigenvalue weighted by molar-refractivity contribution is -0.160. The number of alkyl carbamates (subject to hydrolysis) is 1. The van der Waals surface area contributed by atoms with Crippen molar-refractivity contribution in [2.24, 2.45) is 0 Å². The molecule has 1 aromatic carbocycles. The molecule has 0 spiro atoms. The first kappa shape index (κ1) is 16.8. The van der Waals surface area contributed by atoms with Crippen molar-refractivity contribution in [3.63, 3.8) is 0 Å². The third kappa shape index (κ3) is 4.21. The predicted octanol–water partition coefficient (Wildman–Crippen LogP) is 1.08. The van der Waals surface area contributed by atoms with E-state index in [-0.39, 0.29) is 12.5 Å². The topological polar surface area (TPSA) is 84.9 Å². The van der Waals surface area contributed by atoms with Crippen LogP contribution < -0.4 is 5.32 Å². The molecule has 0 unspecified atom stereocenters. The van der Waals surface area contributed by atoms with E-state index in [4.69, 9.17) is 4.74 Å². The lowest BCUT2D eigenvalue weighted by atomic mass is 10.0. The van der Waals surface area contributed by atoms with Crippen molar-refractivity contribution in [1.29, 1.82) is 0 Å². The Bertz CT molecular complexity index is 575. The highest BCUT2D eigenvalue weighted by atomic mass is 16.5. The van der Waals surface area contributed by atoms with E-state index in [2.05, 4.69) is 10.1 Å². The number of rotatable bonds is 5. The third-order valence-electron chi connectivity index (χ3n) is 3.69. The molecule has 1 N–H and O–H groups in total. The fourth-order valence-electron chi connectivity index (χ4n) is 2.28. The Morgan fingerprint density at radius 1 is 1.30 bits per heavy atom. The second kappa shape index (κ2) is 7.62. The van der Waals surface area contributed by atoms with Crippen LogP contribution >= 0.6 is 0 Å². The number of methoxy groups -OCH3 is 1. The van der Waals surface area contributed by atoms with E-state index in [9.17, 15) is 14.4 Å². The molecule has 124 valence electrons. The molecule has 0 saturated carbocycles. The molecular weight excluding hydrogens is 300 g/mol. The van der Waals surface area contributed by atoms with Gasteiger partial charge in [-0.25, -0.2) is 9.59 Å². The van der Waals surface area contributed by atoms with Crippen LogP contribution in [0, 0.1) is 0 Å². The molecule has 1 aliphatic heterocycles. The van der Waals surface area contributed by atoms with Crippen LogP contribution in [0.2, 0.25) is 0 Å². The minimum Gasteiger partial charge on any atom is -0.467 e. The van der Waals surface area contributed by atoms with Gasteiger partial charge in [-0.15, -0.1) is 0 Å². The minimum absolute atomic E-state index is 0.127. The van der Waals surface area contributed by atoms with Crippen LogP contribution in [0.5, 0.6) is 0 Å². The number of nitrogens with zero attached hydrogens (tertiary/aromatic N) is 1. The number of carbonyl (C=O) groups is 3. The lowest BCUT2D eigenvalue weighted by Gasteiger charge is -2.40. The molecule has 7 heteroatoms. The summed E-state index contributed by atoms with van der Waals surface area (Å²) >= 11 is 0. The van der Waals surface area contributed by atoms with Gasteiger partial charge in [0.25, 0.3) is 0 Å². The zero-order valence-corrected chi connectivity index (χ0v) is 13.2. The molecule has 23 heavy (non-hydrogen) atoms. The average Bonchev–Trinajstić information content (AvgIpc) is 2.52. The molecule has 1 saturated heterocycles. The largest absolute Gasteiger partial charge is 0.467 e. The van der Waals surface area contributed by atoms with Crippen LogP contribution in [-0.4, -0.2) is 48.6 Å². The highest BCUT2D eigenvalue weighted by molar-refractivity contribution is 5.90. The van der Waals surface area contributed by atoms with Gasteiger partial charge in [0.05, 0.1) is 7.11 Å². The van der Waals surface area contributed by atoms with E-state index < -0.39 is 24.1 Å². The Morgan fingerprint density at radius 2 is 2.00 bits per heavy atom. The summed E-state index contributed by atoms with van der Waals surface area (Å²) in [4.78, 5) is 36.8. The highest BCUT2D eigenvalue weighted by Crippen LogP contribution is 2.19. The maximum atomic E-state index is 12.2. The summed E-state index contributed by atoms with van der Waals surface area (Å²) < 4.78 is 9.70. The number of amides is 2. The van der Waals surface area contributed by atoms with Crippen molar-refractivity contribution >= 4 is 18.0 Å². The summed E-state index contributed by atoms with van der Waals surface area (Å²) in [6.07, 6.45) is -0.103. The summed E-state index contributed by atoms with van der Waals surface area (Å²) in [6.45, 7) is 2.16. The van der Waals surface area contributed by atoms with Crippen LogP contribution in [-0.2, 0) is 25.7 Å². The lowest BCUT2D eigenvalue weighted by Crippen LogP contribution is -2.60. The van der Waals surface area contributed by atoms with Crippen molar-refractivity contribution in [1.82, 2.24) is 10.2 Å². The van der Waals surface area contributed by atoms with Gasteiger partial charge in [0.2, 0.25) is 5.91 Å². The van der Waals surface area contributed by atoms with Gasteiger partial charge < -0.3 is 19.7 Å². The minimum atomic E-state index is -0.772. The van der Waals surface area contributed by atoms with E-state index in [0.717, 1.165) is 5.56 Å². The molecule has 2 rings (SSSR count). The number of hydrogen-bond donors (Lipinski definition) is 1. The summed E-state index contributed by atoms with van der Waals surface area (Å²) in [6, 6.07) is 7.91. The maximum Gasteiger partial charge on any atom is 0.408 e. The Balaban J connectivity index is 1.79. The van der Waals surface area contributed by atoms with Gasteiger partial charge in [-0.3, -0.25) is 4.79 Å². The molecule has 1 aromatic rings. The fourth-order valence-corrected chi connectivity index (χ4v) is 2.28. The Hall–Kier alpha value is -2.57. The molecule has 0 aromatic heterocycles. The zero-order valence-electron chi connectivity index (χ0n) is 13.2. The van der Waals surface area contributed by atoms with Gasteiger partial charge in [0.15, 0.2) is 0 Å². The number of likely N-dealkylation sites (tertiary alicyclic amines) is 1. The van der Waals surface area contributed by atoms with Gasteiger partial charge in [-0.05, 0) is 18.9 Å². The van der Waals surface area contributed by atoms with Crippen molar-refractivity contribution in [2.45, 2.75) is 32.0 Å². The molecule has 2 atom stereocenters. The Morgan fingerprint density at radius 3 is 2.57 bits per heavy atom. The van der Waals surface area contributed by atoms with Gasteiger partial charge in [-0.1, -0.05) is 30.3 Å². The van der Waals surface area contributed by atoms with Crippen LogP contribution in [0.25, 0.3) is 0 Å². The second-order valence-corrected chi connectivity index (χ2v) is 5.29. The smallest absolute Gasteiger partial charge is 0.408 e. The Labute approximate surface area is 134 Å². The maximum absolute atomic E-state index is 12.2. The molecule has 0 aliphatic carbocycles. The quantitative estimate of drug-likeness (QED) is 0.821. The first-order valence-electron chi connectivity index (χ1n) is 7.38. The molecule has 0 radical (unpaired) electrons. The standard InChI is InChI=1S/C16H20N2O5/c1-11(14(19)18-9-8-13(18)15(20)22-2)17-16(21)23-10-12-6-4-3-5-7-12/h3-7,11,13H,8-10H2,1-2H3,(H,17,21)/t11-,13-/m0/s1. The second-order valence-electron chi connectivity index (χ2n) is 5.29. The van der Waals surface area contributed by atoms with Crippen molar-refractivity contribution in [3.05, 3.63) is 35.9 Å². The monoisotopic (exact) mass is 320 g/mol. The SMILES string of the molecule is COC(=O)[C@@H]1CCN1C(=O)[C@H](C)NC(=O)OCc1ccccc1. The van der Waals surface area contributed by atoms with Crippen LogP contribution in [0.1, 0.15) is 18.9 Å². The molecular formula is C16H20N2O5. The molecule has 1 fully saturated rings. The van der Waals surface area contributed by atoms with E-state index >= 15 is 0 Å². The van der Waals surface area contributed by atoms with Crippen LogP contribution in [0.3, 0.4) is 0 Å². The highest BCUT2D eigenvalue weighted by Gasteiger charge is 2.40. The van der Waals surface area contributed by atoms with Crippen LogP contribution in [0.4, 0.5) is 4.79 Å². The summed E-state index contributed by atoms with van der Waals surface area (Å²) in [5.74, 6) is -0.772. The van der Waals surface area contributed by atoms with Crippen molar-refractivity contribution in [3.8, 4) is 0 Å². The summed E-state index contributed by atoms with van der Waals surface area (Å²) in [5.41, 5.74) is 0.857. The number of esters is 1. The van der Waals surface area contributed by atoms with E-state index in [0.29, 0.717) is 13.0 Å². The number of hydrogen-bond acceptors (Lipinski definition) is 5. The summed E-state index contributed by atoms with van der Waals surface area (Å²) in [5, 5.41) is 2.47. The zero-order chi connectivity index (χ0) is 16.8. The average molecular weight is 320 g/mol. The van der Waals surface area contributed by atoms with Gasteiger partial charge in [0.1, 0.15) is 18.7 Å². The van der Waals surface area contributed by atoms with E-state index in [1.165, 1.54) is 12.0 Å². The van der Waals surface area contributed by atoms with E-state index in [1.54, 1.807) is 6.92 Å². The Kier molecular flexibility index (Phi) is 5.56. The summed E-state index contributed by atoms with van der Waals surface area (Å²) in [7, 11) is 1.28. The predicted molar refractivity (Wildman–Crippen MR) is 81.4 cm³/mol. The van der Waals surface area contributed by atoms with Gasteiger partial charge in [-0.2, -0.15) is 0 Å². The first-order valence-corrected chi connectivity index (χ1v) is 7.38. The molecule has 1 heterocycles. The van der Waals surface area contributed by atoms with Gasteiger partial charge >= 0.3 is 12.1 Å². The van der Waals surface area contributed by atoms with Crippen LogP contribution in [0.15, 0.2) is 30.3 Å². The number of carbonyl (C=O) groups excluding carboxylic acids is 3. The number of benzene rings is 1. The van der Waals surface area contributed by atoms with E-state index in [1.807, 2.05) is 30.3 Å². The molecule has 0 bridgehead atoms. The fraction of sp³-hybridized carbons (Fsp3) is 0.438. The van der Waals surface area contributed by atoms with Crippen molar-refractivity contribution < 1.29 is 23.9 Å². The molecule has 1 aliphatic rings. The van der Waals surface area contributed by atoms with Gasteiger partial charge in [0, 0.05) is 6.54 Å². The molecule has 2 amide bonds. The number of ether oxygens (including phenoxy) is 2.